The van der Waals surface area contributed by atoms with Crippen molar-refractivity contribution in [3.8, 4) is 5.75 Å². The Morgan fingerprint density at radius 2 is 1.46 bits per heavy atom. The van der Waals surface area contributed by atoms with E-state index in [1.807, 2.05) is 0 Å². The molecule has 0 radical (unpaired) electrons. The van der Waals surface area contributed by atoms with E-state index in [4.69, 9.17) is 4.74 Å². The van der Waals surface area contributed by atoms with Crippen LogP contribution in [0.25, 0.3) is 0 Å². The second-order valence-electron chi connectivity index (χ2n) is 10.7. The lowest BCUT2D eigenvalue weighted by atomic mass is 9.60. The third kappa shape index (κ3) is 4.30. The fourth-order valence-corrected chi connectivity index (χ4v) is 7.66. The first-order chi connectivity index (χ1) is 17.3. The van der Waals surface area contributed by atoms with Gasteiger partial charge >= 0.3 is 0 Å². The first kappa shape index (κ1) is 22.8. The van der Waals surface area contributed by atoms with Crippen LogP contribution in [0.1, 0.15) is 54.7 Å². The van der Waals surface area contributed by atoms with Crippen LogP contribution in [0.5, 0.6) is 5.75 Å². The van der Waals surface area contributed by atoms with E-state index in [9.17, 15) is 0 Å². The monoisotopic (exact) mass is 466 g/mol. The number of ether oxygens (including phenoxy) is 1. The molecule has 4 aliphatic rings. The number of rotatable bonds is 7. The van der Waals surface area contributed by atoms with Crippen LogP contribution in [0.2, 0.25) is 0 Å². The summed E-state index contributed by atoms with van der Waals surface area (Å²) in [5.41, 5.74) is 4.13. The maximum atomic E-state index is 5.70. The quantitative estimate of drug-likeness (QED) is 0.445. The molecule has 3 nitrogen and oxygen atoms in total. The topological polar surface area (TPSA) is 24.5 Å². The molecule has 7 rings (SSSR count). The van der Waals surface area contributed by atoms with E-state index in [0.29, 0.717) is 18.0 Å². The highest BCUT2D eigenvalue weighted by molar-refractivity contribution is 5.37. The fraction of sp³-hybridized carbons (Fsp3) is 0.438. The van der Waals surface area contributed by atoms with Crippen LogP contribution >= 0.6 is 0 Å². The lowest BCUT2D eigenvalue weighted by molar-refractivity contribution is -0.0982. The van der Waals surface area contributed by atoms with Gasteiger partial charge in [0.05, 0.1) is 7.11 Å². The van der Waals surface area contributed by atoms with Crippen LogP contribution in [0.15, 0.2) is 84.9 Å². The Kier molecular flexibility index (Phi) is 6.63. The smallest absolute Gasteiger partial charge is 0.123 e. The highest BCUT2D eigenvalue weighted by atomic mass is 16.5. The summed E-state index contributed by atoms with van der Waals surface area (Å²) in [7, 11) is 1.78. The van der Waals surface area contributed by atoms with Crippen molar-refractivity contribution in [1.82, 2.24) is 10.2 Å². The Morgan fingerprint density at radius 3 is 2.17 bits per heavy atom. The van der Waals surface area contributed by atoms with Crippen molar-refractivity contribution in [2.75, 3.05) is 13.7 Å². The van der Waals surface area contributed by atoms with E-state index in [0.717, 1.165) is 30.2 Å². The van der Waals surface area contributed by atoms with Gasteiger partial charge in [-0.3, -0.25) is 4.90 Å². The van der Waals surface area contributed by atoms with Gasteiger partial charge < -0.3 is 10.1 Å². The van der Waals surface area contributed by atoms with Gasteiger partial charge in [0, 0.05) is 36.2 Å². The van der Waals surface area contributed by atoms with E-state index in [2.05, 4.69) is 95.1 Å². The van der Waals surface area contributed by atoms with E-state index in [-0.39, 0.29) is 0 Å². The predicted molar refractivity (Wildman–Crippen MR) is 143 cm³/mol. The van der Waals surface area contributed by atoms with Crippen molar-refractivity contribution in [3.63, 3.8) is 0 Å². The third-order valence-electron chi connectivity index (χ3n) is 9.07. The van der Waals surface area contributed by atoms with E-state index in [1.54, 1.807) is 7.11 Å². The Morgan fingerprint density at radius 1 is 0.800 bits per heavy atom. The number of piperidine rings is 3. The molecule has 1 N–H and O–H groups in total. The average Bonchev–Trinajstić information content (AvgIpc) is 2.94. The summed E-state index contributed by atoms with van der Waals surface area (Å²) in [6, 6.07) is 32.6. The minimum atomic E-state index is 0.359. The van der Waals surface area contributed by atoms with Crippen molar-refractivity contribution in [1.29, 1.82) is 0 Å². The number of para-hydroxylation sites is 1. The fourth-order valence-electron chi connectivity index (χ4n) is 7.66. The molecule has 1 saturated carbocycles. The number of hydrogen-bond donors (Lipinski definition) is 1. The minimum absolute atomic E-state index is 0.359. The number of fused-ring (bicyclic) bond motifs is 2. The van der Waals surface area contributed by atoms with Crippen molar-refractivity contribution < 1.29 is 4.74 Å². The molecule has 0 amide bonds. The SMILES string of the molecule is COc1ccccc1CNC1C2CCN(C3CCCCC23)C1C(c1ccccc1)c1ccccc1. The molecule has 0 spiro atoms. The standard InChI is InChI=1S/C32H38N2O/c1-35-29-19-11-8-16-25(29)22-33-31-27-20-21-34(28-18-10-9-17-26(27)28)32(31)30(23-12-4-2-5-13-23)24-14-6-3-7-15-24/h2-8,11-16,19,26-28,30-33H,9-10,17-18,20-22H2,1H3. The molecule has 0 aromatic heterocycles. The third-order valence-corrected chi connectivity index (χ3v) is 9.07. The second-order valence-corrected chi connectivity index (χ2v) is 10.7. The molecule has 3 saturated heterocycles. The van der Waals surface area contributed by atoms with Crippen LogP contribution in [-0.2, 0) is 6.54 Å². The predicted octanol–water partition coefficient (Wildman–Crippen LogP) is 6.25. The van der Waals surface area contributed by atoms with Gasteiger partial charge in [-0.15, -0.1) is 0 Å². The lowest BCUT2D eigenvalue weighted by Crippen LogP contribution is -2.71. The van der Waals surface area contributed by atoms with Crippen LogP contribution < -0.4 is 10.1 Å². The zero-order valence-corrected chi connectivity index (χ0v) is 20.9. The molecule has 3 heteroatoms. The number of nitrogens with one attached hydrogen (secondary N) is 1. The highest BCUT2D eigenvalue weighted by Crippen LogP contribution is 2.51. The van der Waals surface area contributed by atoms with Crippen LogP contribution in [0.4, 0.5) is 0 Å². The van der Waals surface area contributed by atoms with Gasteiger partial charge in [0.1, 0.15) is 5.75 Å². The van der Waals surface area contributed by atoms with Crippen molar-refractivity contribution >= 4 is 0 Å². The lowest BCUT2D eigenvalue weighted by Gasteiger charge is -2.62. The summed E-state index contributed by atoms with van der Waals surface area (Å²) >= 11 is 0. The largest absolute Gasteiger partial charge is 0.496 e. The van der Waals surface area contributed by atoms with Crippen LogP contribution in [0.3, 0.4) is 0 Å². The molecular weight excluding hydrogens is 428 g/mol. The summed E-state index contributed by atoms with van der Waals surface area (Å²) in [6.45, 7) is 2.09. The van der Waals surface area contributed by atoms with Gasteiger partial charge in [0.25, 0.3) is 0 Å². The maximum absolute atomic E-state index is 5.70. The van der Waals surface area contributed by atoms with E-state index >= 15 is 0 Å². The molecule has 1 aliphatic carbocycles. The molecule has 182 valence electrons. The van der Waals surface area contributed by atoms with E-state index < -0.39 is 0 Å². The van der Waals surface area contributed by atoms with Gasteiger partial charge in [-0.1, -0.05) is 91.7 Å². The summed E-state index contributed by atoms with van der Waals surface area (Å²) in [6.07, 6.45) is 6.87. The zero-order chi connectivity index (χ0) is 23.6. The zero-order valence-electron chi connectivity index (χ0n) is 20.9. The molecule has 3 aliphatic heterocycles. The number of hydrogen-bond acceptors (Lipinski definition) is 3. The Labute approximate surface area is 210 Å². The Balaban J connectivity index is 1.41. The molecule has 35 heavy (non-hydrogen) atoms. The molecule has 6 unspecified atom stereocenters. The highest BCUT2D eigenvalue weighted by Gasteiger charge is 2.54. The normalized spacial score (nSPS) is 29.7. The number of methoxy groups -OCH3 is 1. The van der Waals surface area contributed by atoms with Crippen molar-refractivity contribution in [3.05, 3.63) is 102 Å². The van der Waals surface area contributed by atoms with Gasteiger partial charge in [-0.2, -0.15) is 0 Å². The first-order valence-corrected chi connectivity index (χ1v) is 13.6. The summed E-state index contributed by atoms with van der Waals surface area (Å²) in [5.74, 6) is 2.91. The Bertz CT molecular complexity index is 1060. The summed E-state index contributed by atoms with van der Waals surface area (Å²) < 4.78 is 5.70. The molecule has 6 atom stereocenters. The minimum Gasteiger partial charge on any atom is -0.496 e. The number of nitrogens with zero attached hydrogens (tertiary/aromatic N) is 1. The summed E-state index contributed by atoms with van der Waals surface area (Å²) in [4.78, 5) is 2.94. The molecular formula is C32H38N2O. The van der Waals surface area contributed by atoms with Crippen molar-refractivity contribution in [2.45, 2.75) is 62.7 Å². The molecule has 3 heterocycles. The molecule has 4 fully saturated rings. The average molecular weight is 467 g/mol. The van der Waals surface area contributed by atoms with Crippen molar-refractivity contribution in [2.24, 2.45) is 11.8 Å². The molecule has 3 aromatic carbocycles. The molecule has 3 aromatic rings. The molecule has 2 bridgehead atoms. The van der Waals surface area contributed by atoms with Gasteiger partial charge in [-0.05, 0) is 54.8 Å². The Hall–Kier alpha value is -2.62. The van der Waals surface area contributed by atoms with Gasteiger partial charge in [0.15, 0.2) is 0 Å². The first-order valence-electron chi connectivity index (χ1n) is 13.6. The van der Waals surface area contributed by atoms with Gasteiger partial charge in [0.2, 0.25) is 0 Å². The van der Waals surface area contributed by atoms with E-state index in [1.165, 1.54) is 55.3 Å². The number of benzene rings is 3. The maximum Gasteiger partial charge on any atom is 0.123 e. The van der Waals surface area contributed by atoms with Gasteiger partial charge in [-0.25, -0.2) is 0 Å². The van der Waals surface area contributed by atoms with Crippen LogP contribution in [0, 0.1) is 11.8 Å². The van der Waals surface area contributed by atoms with Crippen LogP contribution in [-0.4, -0.2) is 36.7 Å². The summed E-state index contributed by atoms with van der Waals surface area (Å²) in [5, 5.41) is 4.13. The second kappa shape index (κ2) is 10.2.